The summed E-state index contributed by atoms with van der Waals surface area (Å²) in [7, 11) is 0. The predicted molar refractivity (Wildman–Crippen MR) is 95.5 cm³/mol. The number of rotatable bonds is 5. The summed E-state index contributed by atoms with van der Waals surface area (Å²) in [4.78, 5) is 12.9. The first-order chi connectivity index (χ1) is 12.2. The number of carbonyl (C=O) groups excluding carboxylic acids is 1. The summed E-state index contributed by atoms with van der Waals surface area (Å²) in [5.74, 6) is 0.343. The Balaban J connectivity index is 1.57. The summed E-state index contributed by atoms with van der Waals surface area (Å²) >= 11 is 0. The van der Waals surface area contributed by atoms with Gasteiger partial charge in [-0.2, -0.15) is 5.10 Å². The maximum absolute atomic E-state index is 12.9. The van der Waals surface area contributed by atoms with Crippen LogP contribution in [0.25, 0.3) is 5.69 Å². The topological polar surface area (TPSA) is 67.2 Å². The Hall–Kier alpha value is -2.92. The van der Waals surface area contributed by atoms with Gasteiger partial charge in [0.15, 0.2) is 5.82 Å². The molecule has 0 aliphatic heterocycles. The lowest BCUT2D eigenvalue weighted by atomic mass is 9.92. The first-order valence-corrected chi connectivity index (χ1v) is 8.33. The quantitative estimate of drug-likeness (QED) is 0.754. The number of aromatic nitrogens is 2. The van der Waals surface area contributed by atoms with Crippen LogP contribution in [0, 0.1) is 5.92 Å². The van der Waals surface area contributed by atoms with E-state index < -0.39 is 5.41 Å². The molecule has 3 aromatic rings. The monoisotopic (exact) mass is 333 g/mol. The van der Waals surface area contributed by atoms with E-state index in [1.165, 1.54) is 0 Å². The summed E-state index contributed by atoms with van der Waals surface area (Å²) < 4.78 is 1.72. The first kappa shape index (κ1) is 15.6. The van der Waals surface area contributed by atoms with Crippen LogP contribution in [0.15, 0.2) is 72.9 Å². The molecule has 1 unspecified atom stereocenters. The predicted octanol–water partition coefficient (Wildman–Crippen LogP) is 2.76. The van der Waals surface area contributed by atoms with Crippen molar-refractivity contribution < 1.29 is 9.90 Å². The lowest BCUT2D eigenvalue weighted by molar-refractivity contribution is -0.119. The molecule has 1 saturated carbocycles. The van der Waals surface area contributed by atoms with Gasteiger partial charge in [-0.25, -0.2) is 4.68 Å². The van der Waals surface area contributed by atoms with E-state index in [0.29, 0.717) is 12.2 Å². The highest BCUT2D eigenvalue weighted by Gasteiger charge is 2.60. The zero-order chi connectivity index (χ0) is 17.3. The number of hydrogen-bond donors (Lipinski definition) is 2. The summed E-state index contributed by atoms with van der Waals surface area (Å²) in [6.45, 7) is 0.000764. The van der Waals surface area contributed by atoms with Crippen LogP contribution in [0.5, 0.6) is 0 Å². The van der Waals surface area contributed by atoms with Crippen molar-refractivity contribution in [1.29, 1.82) is 0 Å². The smallest absolute Gasteiger partial charge is 0.236 e. The van der Waals surface area contributed by atoms with Crippen molar-refractivity contribution in [2.45, 2.75) is 11.8 Å². The third kappa shape index (κ3) is 2.72. The van der Waals surface area contributed by atoms with Crippen molar-refractivity contribution in [2.24, 2.45) is 5.92 Å². The number of aliphatic hydroxyl groups excluding tert-OH is 1. The SMILES string of the molecule is O=C(Nc1ccn(-c2ccccc2)n1)[C@@]1(c2ccccc2)CC1CO. The molecule has 1 aromatic heterocycles. The molecule has 5 nitrogen and oxygen atoms in total. The number of aliphatic hydroxyl groups is 1. The number of nitrogens with one attached hydrogen (secondary N) is 1. The maximum atomic E-state index is 12.9. The Bertz CT molecular complexity index is 876. The minimum Gasteiger partial charge on any atom is -0.396 e. The van der Waals surface area contributed by atoms with Crippen molar-refractivity contribution in [3.63, 3.8) is 0 Å². The number of anilines is 1. The van der Waals surface area contributed by atoms with E-state index in [4.69, 9.17) is 0 Å². The van der Waals surface area contributed by atoms with Crippen LogP contribution in [-0.2, 0) is 10.2 Å². The molecular weight excluding hydrogens is 314 g/mol. The molecule has 25 heavy (non-hydrogen) atoms. The number of para-hydroxylation sites is 1. The Kier molecular flexibility index (Phi) is 3.86. The molecule has 126 valence electrons. The molecule has 1 heterocycles. The number of carbonyl (C=O) groups is 1. The molecular formula is C20H19N3O2. The second kappa shape index (κ2) is 6.18. The minimum absolute atomic E-state index is 0.000764. The zero-order valence-electron chi connectivity index (χ0n) is 13.7. The van der Waals surface area contributed by atoms with Crippen LogP contribution < -0.4 is 5.32 Å². The van der Waals surface area contributed by atoms with Gasteiger partial charge in [-0.15, -0.1) is 0 Å². The second-order valence-corrected chi connectivity index (χ2v) is 6.36. The first-order valence-electron chi connectivity index (χ1n) is 8.33. The highest BCUT2D eigenvalue weighted by atomic mass is 16.3. The molecule has 0 saturated heterocycles. The number of hydrogen-bond acceptors (Lipinski definition) is 3. The van der Waals surface area contributed by atoms with Crippen LogP contribution in [-0.4, -0.2) is 27.4 Å². The van der Waals surface area contributed by atoms with Crippen LogP contribution in [0.3, 0.4) is 0 Å². The second-order valence-electron chi connectivity index (χ2n) is 6.36. The highest BCUT2D eigenvalue weighted by molar-refractivity contribution is 6.01. The Morgan fingerprint density at radius 1 is 1.12 bits per heavy atom. The normalized spacial score (nSPS) is 21.7. The molecule has 1 amide bonds. The van der Waals surface area contributed by atoms with Crippen molar-refractivity contribution >= 4 is 11.7 Å². The van der Waals surface area contributed by atoms with Gasteiger partial charge in [-0.3, -0.25) is 4.79 Å². The minimum atomic E-state index is -0.660. The van der Waals surface area contributed by atoms with E-state index in [0.717, 1.165) is 11.3 Å². The molecule has 1 fully saturated rings. The third-order valence-electron chi connectivity index (χ3n) is 4.87. The van der Waals surface area contributed by atoms with Crippen molar-refractivity contribution in [3.8, 4) is 5.69 Å². The van der Waals surface area contributed by atoms with Crippen molar-refractivity contribution in [3.05, 3.63) is 78.5 Å². The number of nitrogens with zero attached hydrogens (tertiary/aromatic N) is 2. The summed E-state index contributed by atoms with van der Waals surface area (Å²) in [5.41, 5.74) is 1.21. The summed E-state index contributed by atoms with van der Waals surface area (Å²) in [6.07, 6.45) is 2.47. The zero-order valence-corrected chi connectivity index (χ0v) is 13.7. The van der Waals surface area contributed by atoms with Crippen LogP contribution in [0.2, 0.25) is 0 Å². The average Bonchev–Trinajstić information content (AvgIpc) is 3.26. The molecule has 2 aromatic carbocycles. The van der Waals surface area contributed by atoms with E-state index >= 15 is 0 Å². The maximum Gasteiger partial charge on any atom is 0.236 e. The van der Waals surface area contributed by atoms with Crippen LogP contribution >= 0.6 is 0 Å². The summed E-state index contributed by atoms with van der Waals surface area (Å²) in [6, 6.07) is 21.2. The van der Waals surface area contributed by atoms with Gasteiger partial charge in [0.05, 0.1) is 11.1 Å². The van der Waals surface area contributed by atoms with Gasteiger partial charge in [0, 0.05) is 24.8 Å². The lowest BCUT2D eigenvalue weighted by Crippen LogP contribution is -2.30. The Morgan fingerprint density at radius 2 is 1.80 bits per heavy atom. The van der Waals surface area contributed by atoms with Crippen molar-refractivity contribution in [2.75, 3.05) is 11.9 Å². The van der Waals surface area contributed by atoms with Gasteiger partial charge in [0.1, 0.15) is 0 Å². The molecule has 2 N–H and O–H groups in total. The molecule has 2 atom stereocenters. The van der Waals surface area contributed by atoms with E-state index in [9.17, 15) is 9.90 Å². The highest BCUT2D eigenvalue weighted by Crippen LogP contribution is 2.54. The molecule has 0 spiro atoms. The fraction of sp³-hybridized carbons (Fsp3) is 0.200. The van der Waals surface area contributed by atoms with E-state index in [-0.39, 0.29) is 18.4 Å². The fourth-order valence-electron chi connectivity index (χ4n) is 3.39. The van der Waals surface area contributed by atoms with Gasteiger partial charge in [-0.1, -0.05) is 48.5 Å². The van der Waals surface area contributed by atoms with Gasteiger partial charge >= 0.3 is 0 Å². The van der Waals surface area contributed by atoms with E-state index in [1.54, 1.807) is 10.7 Å². The van der Waals surface area contributed by atoms with Gasteiger partial charge < -0.3 is 10.4 Å². The van der Waals surface area contributed by atoms with Gasteiger partial charge in [-0.05, 0) is 24.1 Å². The third-order valence-corrected chi connectivity index (χ3v) is 4.87. The fourth-order valence-corrected chi connectivity index (χ4v) is 3.39. The summed E-state index contributed by atoms with van der Waals surface area (Å²) in [5, 5.41) is 16.9. The largest absolute Gasteiger partial charge is 0.396 e. The van der Waals surface area contributed by atoms with Crippen LogP contribution in [0.1, 0.15) is 12.0 Å². The molecule has 0 radical (unpaired) electrons. The van der Waals surface area contributed by atoms with E-state index in [2.05, 4.69) is 10.4 Å². The average molecular weight is 333 g/mol. The molecule has 0 bridgehead atoms. The number of benzene rings is 2. The molecule has 5 heteroatoms. The molecule has 1 aliphatic carbocycles. The Labute approximate surface area is 145 Å². The van der Waals surface area contributed by atoms with E-state index in [1.807, 2.05) is 66.9 Å². The standard InChI is InChI=1S/C20H19N3O2/c24-14-16-13-20(16,15-7-3-1-4-8-15)19(25)21-18-11-12-23(22-18)17-9-5-2-6-10-17/h1-12,16,24H,13-14H2,(H,21,22,25)/t16?,20-/m1/s1. The van der Waals surface area contributed by atoms with Crippen molar-refractivity contribution in [1.82, 2.24) is 9.78 Å². The molecule has 1 aliphatic rings. The van der Waals surface area contributed by atoms with Gasteiger partial charge in [0.2, 0.25) is 5.91 Å². The number of amides is 1. The molecule has 4 rings (SSSR count). The lowest BCUT2D eigenvalue weighted by Gasteiger charge is -2.16. The van der Waals surface area contributed by atoms with Gasteiger partial charge in [0.25, 0.3) is 0 Å². The van der Waals surface area contributed by atoms with Crippen LogP contribution in [0.4, 0.5) is 5.82 Å². The Morgan fingerprint density at radius 3 is 2.44 bits per heavy atom.